The minimum atomic E-state index is -2.84. The van der Waals surface area contributed by atoms with Gasteiger partial charge in [0, 0.05) is 37.6 Å². The summed E-state index contributed by atoms with van der Waals surface area (Å²) in [6.45, 7) is 7.80. The van der Waals surface area contributed by atoms with Crippen molar-refractivity contribution in [2.24, 2.45) is 17.8 Å². The molecule has 36 heavy (non-hydrogen) atoms. The summed E-state index contributed by atoms with van der Waals surface area (Å²) in [5, 5.41) is 0. The van der Waals surface area contributed by atoms with Crippen molar-refractivity contribution in [2.75, 3.05) is 31.1 Å². The Morgan fingerprint density at radius 3 is 2.11 bits per heavy atom. The average Bonchev–Trinajstić information content (AvgIpc) is 3.68. The number of nitrogens with zero attached hydrogens (tertiary/aromatic N) is 3. The maximum absolute atomic E-state index is 13.2. The van der Waals surface area contributed by atoms with Crippen molar-refractivity contribution in [1.29, 1.82) is 0 Å². The number of fused-ring (bicyclic) bond motifs is 1. The summed E-state index contributed by atoms with van der Waals surface area (Å²) in [6, 6.07) is 0.676. The van der Waals surface area contributed by atoms with Gasteiger partial charge in [-0.25, -0.2) is 13.2 Å². The van der Waals surface area contributed by atoms with Gasteiger partial charge >= 0.3 is 6.09 Å². The van der Waals surface area contributed by atoms with E-state index in [2.05, 4.69) is 16.7 Å². The lowest BCUT2D eigenvalue weighted by Crippen LogP contribution is -2.67. The Hall–Kier alpha value is -1.35. The smallest absolute Gasteiger partial charge is 0.410 e. The van der Waals surface area contributed by atoms with E-state index in [1.54, 1.807) is 0 Å². The van der Waals surface area contributed by atoms with Crippen LogP contribution in [0, 0.1) is 17.8 Å². The number of sulfone groups is 1. The molecule has 3 unspecified atom stereocenters. The number of amides is 2. The predicted octanol–water partition coefficient (Wildman–Crippen LogP) is 3.30. The van der Waals surface area contributed by atoms with Crippen LogP contribution in [-0.2, 0) is 19.4 Å². The third-order valence-corrected chi connectivity index (χ3v) is 11.2. The quantitative estimate of drug-likeness (QED) is 0.562. The Bertz CT molecular complexity index is 914. The molecule has 5 rings (SSSR count). The van der Waals surface area contributed by atoms with E-state index in [9.17, 15) is 18.0 Å². The Balaban J connectivity index is 1.24. The number of carbonyl (C=O) groups is 2. The van der Waals surface area contributed by atoms with E-state index in [0.717, 1.165) is 44.9 Å². The first-order valence-electron chi connectivity index (χ1n) is 14.4. The monoisotopic (exact) mass is 523 g/mol. The van der Waals surface area contributed by atoms with Gasteiger partial charge in [-0.15, -0.1) is 0 Å². The summed E-state index contributed by atoms with van der Waals surface area (Å²) < 4.78 is 29.3. The van der Waals surface area contributed by atoms with E-state index in [-0.39, 0.29) is 36.2 Å². The van der Waals surface area contributed by atoms with Gasteiger partial charge in [-0.05, 0) is 90.4 Å². The first-order valence-corrected chi connectivity index (χ1v) is 16.2. The van der Waals surface area contributed by atoms with Crippen molar-refractivity contribution in [3.8, 4) is 0 Å². The van der Waals surface area contributed by atoms with E-state index in [1.165, 1.54) is 12.8 Å². The summed E-state index contributed by atoms with van der Waals surface area (Å²) in [6.07, 6.45) is 9.29. The van der Waals surface area contributed by atoms with Crippen molar-refractivity contribution >= 4 is 21.8 Å². The number of ether oxygens (including phenoxy) is 1. The summed E-state index contributed by atoms with van der Waals surface area (Å²) in [5.41, 5.74) is 0. The van der Waals surface area contributed by atoms with Crippen LogP contribution in [0.1, 0.15) is 78.6 Å². The minimum absolute atomic E-state index is 0.0272. The molecule has 204 valence electrons. The van der Waals surface area contributed by atoms with Crippen LogP contribution in [0.5, 0.6) is 0 Å². The van der Waals surface area contributed by atoms with E-state index < -0.39 is 9.84 Å². The molecule has 0 aromatic heterocycles. The van der Waals surface area contributed by atoms with Crippen LogP contribution >= 0.6 is 0 Å². The first kappa shape index (κ1) is 26.3. The molecule has 8 nitrogen and oxygen atoms in total. The SMILES string of the molecule is CC(C)OC(=O)N1C[C@H](C)N(C(=O)C2CC2)C2CCC(C3CCC(N4CCS(=O)(=O)CC4)CC3)CC21. The second-order valence-corrected chi connectivity index (χ2v) is 14.7. The van der Waals surface area contributed by atoms with Gasteiger partial charge in [0.25, 0.3) is 0 Å². The van der Waals surface area contributed by atoms with Gasteiger partial charge in [0.1, 0.15) is 0 Å². The number of hydrogen-bond acceptors (Lipinski definition) is 6. The molecule has 0 aromatic rings. The molecule has 5 fully saturated rings. The molecule has 2 amide bonds. The molecule has 2 heterocycles. The van der Waals surface area contributed by atoms with Crippen LogP contribution in [0.2, 0.25) is 0 Å². The highest BCUT2D eigenvalue weighted by Crippen LogP contribution is 2.45. The zero-order valence-corrected chi connectivity index (χ0v) is 23.1. The predicted molar refractivity (Wildman–Crippen MR) is 138 cm³/mol. The highest BCUT2D eigenvalue weighted by atomic mass is 32.2. The third kappa shape index (κ3) is 5.57. The fourth-order valence-corrected chi connectivity index (χ4v) is 8.75. The van der Waals surface area contributed by atoms with Crippen molar-refractivity contribution in [3.05, 3.63) is 0 Å². The third-order valence-electron chi connectivity index (χ3n) is 9.57. The van der Waals surface area contributed by atoms with Crippen LogP contribution in [-0.4, -0.2) is 96.5 Å². The lowest BCUT2D eigenvalue weighted by molar-refractivity contribution is -0.146. The van der Waals surface area contributed by atoms with Crippen LogP contribution < -0.4 is 0 Å². The molecule has 4 atom stereocenters. The van der Waals surface area contributed by atoms with Crippen molar-refractivity contribution in [2.45, 2.75) is 109 Å². The maximum atomic E-state index is 13.2. The molecule has 2 saturated heterocycles. The number of rotatable bonds is 4. The number of piperazine rings is 1. The van der Waals surface area contributed by atoms with E-state index in [0.29, 0.717) is 54.9 Å². The summed E-state index contributed by atoms with van der Waals surface area (Å²) in [4.78, 5) is 32.9. The van der Waals surface area contributed by atoms with Gasteiger partial charge in [-0.2, -0.15) is 0 Å². The molecule has 9 heteroatoms. The van der Waals surface area contributed by atoms with Crippen LogP contribution in [0.15, 0.2) is 0 Å². The van der Waals surface area contributed by atoms with Gasteiger partial charge in [-0.1, -0.05) is 0 Å². The lowest BCUT2D eigenvalue weighted by atomic mass is 9.68. The number of hydrogen-bond donors (Lipinski definition) is 0. The zero-order valence-electron chi connectivity index (χ0n) is 22.3. The maximum Gasteiger partial charge on any atom is 0.410 e. The molecule has 0 spiro atoms. The first-order chi connectivity index (χ1) is 17.1. The van der Waals surface area contributed by atoms with Gasteiger partial charge in [0.2, 0.25) is 5.91 Å². The highest BCUT2D eigenvalue weighted by molar-refractivity contribution is 7.91. The van der Waals surface area contributed by atoms with Gasteiger partial charge < -0.3 is 14.5 Å². The zero-order chi connectivity index (χ0) is 25.6. The normalized spacial score (nSPS) is 37.4. The Kier molecular flexibility index (Phi) is 7.61. The van der Waals surface area contributed by atoms with Crippen molar-refractivity contribution in [1.82, 2.24) is 14.7 Å². The Labute approximate surface area is 217 Å². The molecule has 0 N–H and O–H groups in total. The summed E-state index contributed by atoms with van der Waals surface area (Å²) >= 11 is 0. The lowest BCUT2D eigenvalue weighted by Gasteiger charge is -2.55. The second kappa shape index (κ2) is 10.4. The molecular weight excluding hydrogens is 478 g/mol. The second-order valence-electron chi connectivity index (χ2n) is 12.4. The topological polar surface area (TPSA) is 87.2 Å². The van der Waals surface area contributed by atoms with E-state index in [4.69, 9.17) is 4.74 Å². The van der Waals surface area contributed by atoms with Crippen LogP contribution in [0.4, 0.5) is 4.79 Å². The van der Waals surface area contributed by atoms with Crippen LogP contribution in [0.25, 0.3) is 0 Å². The molecule has 0 radical (unpaired) electrons. The molecule has 2 aliphatic heterocycles. The molecule has 0 bridgehead atoms. The van der Waals surface area contributed by atoms with Gasteiger partial charge in [-0.3, -0.25) is 9.69 Å². The summed E-state index contributed by atoms with van der Waals surface area (Å²) in [7, 11) is -2.84. The largest absolute Gasteiger partial charge is 0.447 e. The van der Waals surface area contributed by atoms with Gasteiger partial charge in [0.15, 0.2) is 9.84 Å². The van der Waals surface area contributed by atoms with Crippen LogP contribution in [0.3, 0.4) is 0 Å². The molecule has 3 saturated carbocycles. The van der Waals surface area contributed by atoms with Gasteiger partial charge in [0.05, 0.1) is 29.7 Å². The minimum Gasteiger partial charge on any atom is -0.447 e. The summed E-state index contributed by atoms with van der Waals surface area (Å²) in [5.74, 6) is 2.31. The fourth-order valence-electron chi connectivity index (χ4n) is 7.52. The molecule has 3 aliphatic carbocycles. The Morgan fingerprint density at radius 1 is 0.861 bits per heavy atom. The van der Waals surface area contributed by atoms with E-state index in [1.807, 2.05) is 18.7 Å². The molecule has 5 aliphatic rings. The average molecular weight is 524 g/mol. The highest BCUT2D eigenvalue weighted by Gasteiger charge is 2.50. The Morgan fingerprint density at radius 2 is 1.50 bits per heavy atom. The fraction of sp³-hybridized carbons (Fsp3) is 0.926. The number of carbonyl (C=O) groups excluding carboxylic acids is 2. The van der Waals surface area contributed by atoms with Crippen molar-refractivity contribution in [3.63, 3.8) is 0 Å². The van der Waals surface area contributed by atoms with Crippen molar-refractivity contribution < 1.29 is 22.7 Å². The standard InChI is InChI=1S/C27H45N3O5S/c1-18(2)35-27(32)29-17-19(3)30(26(31)21-4-5-21)24-11-8-22(16-25(24)29)20-6-9-23(10-7-20)28-12-14-36(33,34)15-13-28/h18-25H,4-17H2,1-3H3/t19-,20?,22?,23?,24?,25?/m0/s1. The molecular formula is C27H45N3O5S. The molecule has 0 aromatic carbocycles. The van der Waals surface area contributed by atoms with E-state index >= 15 is 0 Å².